The SMILES string of the molecule is O=C(Cc1cccs1)N[C@@H](c1ccccc1)[B-]1(O)OO1. The normalized spacial score (nSPS) is 17.4. The molecule has 0 saturated carbocycles. The van der Waals surface area contributed by atoms with E-state index in [1.54, 1.807) is 12.1 Å². The Morgan fingerprint density at radius 2 is 2.00 bits per heavy atom. The first-order valence-corrected chi connectivity index (χ1v) is 7.15. The molecule has 0 aliphatic carbocycles. The third-order valence-electron chi connectivity index (χ3n) is 3.10. The van der Waals surface area contributed by atoms with Crippen LogP contribution in [0.15, 0.2) is 47.8 Å². The third-order valence-corrected chi connectivity index (χ3v) is 3.98. The maximum atomic E-state index is 12.1. The van der Waals surface area contributed by atoms with Gasteiger partial charge >= 0.3 is 6.75 Å². The molecule has 104 valence electrons. The highest BCUT2D eigenvalue weighted by molar-refractivity contribution is 7.10. The largest absolute Gasteiger partial charge is 0.555 e. The molecule has 1 amide bonds. The molecule has 2 aromatic rings. The third kappa shape index (κ3) is 2.91. The maximum Gasteiger partial charge on any atom is 0.447 e. The number of rotatable bonds is 5. The summed E-state index contributed by atoms with van der Waals surface area (Å²) < 4.78 is 0. The molecule has 5 nitrogen and oxygen atoms in total. The van der Waals surface area contributed by atoms with E-state index in [-0.39, 0.29) is 12.3 Å². The van der Waals surface area contributed by atoms with Crippen LogP contribution in [0.5, 0.6) is 0 Å². The van der Waals surface area contributed by atoms with Gasteiger partial charge in [0, 0.05) is 10.8 Å². The molecule has 1 saturated heterocycles. The molecule has 1 fully saturated rings. The maximum absolute atomic E-state index is 12.1. The first-order chi connectivity index (χ1) is 9.67. The van der Waals surface area contributed by atoms with E-state index in [0.29, 0.717) is 0 Å². The van der Waals surface area contributed by atoms with Crippen LogP contribution in [0.25, 0.3) is 0 Å². The van der Waals surface area contributed by atoms with Crippen LogP contribution in [0.1, 0.15) is 16.4 Å². The minimum absolute atomic E-state index is 0.185. The van der Waals surface area contributed by atoms with E-state index in [1.165, 1.54) is 11.3 Å². The van der Waals surface area contributed by atoms with Gasteiger partial charge in [-0.3, -0.25) is 4.79 Å². The summed E-state index contributed by atoms with van der Waals surface area (Å²) in [7, 11) is 0. The quantitative estimate of drug-likeness (QED) is 0.498. The zero-order valence-corrected chi connectivity index (χ0v) is 11.4. The van der Waals surface area contributed by atoms with E-state index in [0.717, 1.165) is 10.4 Å². The lowest BCUT2D eigenvalue weighted by atomic mass is 9.69. The zero-order valence-electron chi connectivity index (χ0n) is 10.6. The van der Waals surface area contributed by atoms with Crippen LogP contribution in [0.4, 0.5) is 0 Å². The van der Waals surface area contributed by atoms with E-state index in [9.17, 15) is 9.82 Å². The molecule has 3 rings (SSSR count). The van der Waals surface area contributed by atoms with Crippen LogP contribution in [-0.2, 0) is 20.8 Å². The summed E-state index contributed by atoms with van der Waals surface area (Å²) in [5, 5.41) is 14.7. The molecule has 2 N–H and O–H groups in total. The van der Waals surface area contributed by atoms with Gasteiger partial charge in [0.2, 0.25) is 5.91 Å². The molecule has 0 unspecified atom stereocenters. The van der Waals surface area contributed by atoms with Gasteiger partial charge in [0.15, 0.2) is 0 Å². The first kappa shape index (κ1) is 13.3. The van der Waals surface area contributed by atoms with Crippen molar-refractivity contribution in [2.45, 2.75) is 12.4 Å². The average molecular weight is 290 g/mol. The smallest absolute Gasteiger partial charge is 0.447 e. The van der Waals surface area contributed by atoms with Crippen molar-refractivity contribution >= 4 is 24.0 Å². The highest BCUT2D eigenvalue weighted by Crippen LogP contribution is 2.34. The average Bonchev–Trinajstić information content (AvgIpc) is 2.99. The topological polar surface area (TPSA) is 74.4 Å². The van der Waals surface area contributed by atoms with Crippen molar-refractivity contribution in [3.05, 3.63) is 58.3 Å². The van der Waals surface area contributed by atoms with Crippen molar-refractivity contribution in [2.75, 3.05) is 0 Å². The predicted octanol–water partition coefficient (Wildman–Crippen LogP) is 1.58. The van der Waals surface area contributed by atoms with Crippen LogP contribution in [-0.4, -0.2) is 17.7 Å². The Morgan fingerprint density at radius 3 is 2.60 bits per heavy atom. The number of hydrogen-bond donors (Lipinski definition) is 2. The van der Waals surface area contributed by atoms with Crippen molar-refractivity contribution in [3.8, 4) is 0 Å². The van der Waals surface area contributed by atoms with Gasteiger partial charge in [-0.15, -0.1) is 11.3 Å². The fourth-order valence-corrected chi connectivity index (χ4v) is 2.76. The zero-order chi connectivity index (χ0) is 14.0. The molecule has 1 aromatic heterocycles. The Morgan fingerprint density at radius 1 is 1.25 bits per heavy atom. The van der Waals surface area contributed by atoms with Gasteiger partial charge < -0.3 is 20.0 Å². The van der Waals surface area contributed by atoms with Crippen molar-refractivity contribution in [1.29, 1.82) is 0 Å². The van der Waals surface area contributed by atoms with Crippen LogP contribution in [0.3, 0.4) is 0 Å². The van der Waals surface area contributed by atoms with E-state index < -0.39 is 12.7 Å². The van der Waals surface area contributed by atoms with Crippen LogP contribution >= 0.6 is 11.3 Å². The molecule has 1 aromatic carbocycles. The van der Waals surface area contributed by atoms with Gasteiger partial charge in [-0.05, 0) is 11.4 Å². The number of thiophene rings is 1. The van der Waals surface area contributed by atoms with Gasteiger partial charge in [0.05, 0.1) is 6.42 Å². The molecule has 0 spiro atoms. The fraction of sp³-hybridized carbons (Fsp3) is 0.154. The van der Waals surface area contributed by atoms with Gasteiger partial charge in [-0.1, -0.05) is 42.0 Å². The van der Waals surface area contributed by atoms with Crippen molar-refractivity contribution in [3.63, 3.8) is 0 Å². The number of carbonyl (C=O) groups is 1. The Bertz CT molecular complexity index is 586. The second-order valence-corrected chi connectivity index (χ2v) is 5.66. The van der Waals surface area contributed by atoms with E-state index in [1.807, 2.05) is 35.7 Å². The minimum Gasteiger partial charge on any atom is -0.555 e. The van der Waals surface area contributed by atoms with Gasteiger partial charge in [0.1, 0.15) is 0 Å². The van der Waals surface area contributed by atoms with Gasteiger partial charge in [0.25, 0.3) is 0 Å². The number of amides is 1. The predicted molar refractivity (Wildman–Crippen MR) is 75.5 cm³/mol. The molecular weight excluding hydrogens is 277 g/mol. The van der Waals surface area contributed by atoms with E-state index >= 15 is 0 Å². The molecule has 1 aliphatic rings. The fourth-order valence-electron chi connectivity index (χ4n) is 2.06. The lowest BCUT2D eigenvalue weighted by Gasteiger charge is -2.23. The Labute approximate surface area is 120 Å². The van der Waals surface area contributed by atoms with Crippen LogP contribution < -0.4 is 5.32 Å². The molecule has 0 radical (unpaired) electrons. The van der Waals surface area contributed by atoms with Crippen LogP contribution in [0.2, 0.25) is 0 Å². The molecule has 1 aliphatic heterocycles. The lowest BCUT2D eigenvalue weighted by Crippen LogP contribution is -2.42. The highest BCUT2D eigenvalue weighted by Gasteiger charge is 2.49. The molecular formula is C13H13BNO4S-. The van der Waals surface area contributed by atoms with Crippen molar-refractivity contribution in [2.24, 2.45) is 0 Å². The number of hydrogen-bond acceptors (Lipinski definition) is 5. The summed E-state index contributed by atoms with van der Waals surface area (Å²) in [6, 6.07) is 12.9. The number of nitrogens with one attached hydrogen (secondary N) is 1. The van der Waals surface area contributed by atoms with Crippen LogP contribution in [0, 0.1) is 0 Å². The molecule has 7 heteroatoms. The molecule has 20 heavy (non-hydrogen) atoms. The summed E-state index contributed by atoms with van der Waals surface area (Å²) >= 11 is 1.52. The minimum atomic E-state index is -2.45. The second kappa shape index (κ2) is 5.38. The Hall–Kier alpha value is -1.67. The Kier molecular flexibility index (Phi) is 3.58. The number of benzene rings is 1. The molecule has 1 atom stereocenters. The summed E-state index contributed by atoms with van der Waals surface area (Å²) in [5.74, 6) is -0.876. The summed E-state index contributed by atoms with van der Waals surface area (Å²) in [6.45, 7) is -2.45. The number of carbonyl (C=O) groups excluding carboxylic acids is 1. The second-order valence-electron chi connectivity index (χ2n) is 4.63. The first-order valence-electron chi connectivity index (χ1n) is 6.27. The van der Waals surface area contributed by atoms with Crippen molar-refractivity contribution < 1.29 is 19.4 Å². The van der Waals surface area contributed by atoms with E-state index in [2.05, 4.69) is 14.9 Å². The Balaban J connectivity index is 1.73. The highest BCUT2D eigenvalue weighted by atomic mass is 32.1. The molecule has 2 heterocycles. The lowest BCUT2D eigenvalue weighted by molar-refractivity contribution is -0.120. The van der Waals surface area contributed by atoms with Gasteiger partial charge in [-0.2, -0.15) is 0 Å². The summed E-state index contributed by atoms with van der Waals surface area (Å²) in [5.41, 5.74) is 0.743. The van der Waals surface area contributed by atoms with Crippen molar-refractivity contribution in [1.82, 2.24) is 5.32 Å². The molecule has 0 bridgehead atoms. The monoisotopic (exact) mass is 290 g/mol. The summed E-state index contributed by atoms with van der Waals surface area (Å²) in [6.07, 6.45) is 0.271. The summed E-state index contributed by atoms with van der Waals surface area (Å²) in [4.78, 5) is 22.3. The van der Waals surface area contributed by atoms with Gasteiger partial charge in [-0.25, -0.2) is 0 Å². The standard InChI is InChI=1S/C13H13BNO4S/c16-12(9-11-7-4-8-20-11)15-13(14(17)18-19-14)10-5-2-1-3-6-10/h1-8,13,17H,9H2,(H,15,16)/q-1/t13-/m0/s1. The van der Waals surface area contributed by atoms with E-state index in [4.69, 9.17) is 0 Å².